The summed E-state index contributed by atoms with van der Waals surface area (Å²) in [6.07, 6.45) is 8.49. The molecule has 0 aliphatic carbocycles. The van der Waals surface area contributed by atoms with Crippen LogP contribution in [-0.4, -0.2) is 84.4 Å². The number of unbranched alkanes of at least 4 members (excludes halogenated alkanes) is 3. The van der Waals surface area contributed by atoms with Crippen molar-refractivity contribution in [3.05, 3.63) is 49.6 Å². The molecular formula is C35H51N3O6. The summed E-state index contributed by atoms with van der Waals surface area (Å²) in [7, 11) is 0. The maximum absolute atomic E-state index is 14.8. The van der Waals surface area contributed by atoms with E-state index in [9.17, 15) is 19.5 Å². The number of hydrogen-bond donors (Lipinski definition) is 1. The summed E-state index contributed by atoms with van der Waals surface area (Å²) >= 11 is 0. The van der Waals surface area contributed by atoms with Crippen molar-refractivity contribution >= 4 is 29.2 Å². The van der Waals surface area contributed by atoms with Gasteiger partial charge in [0.15, 0.2) is 0 Å². The van der Waals surface area contributed by atoms with Crippen LogP contribution in [0.1, 0.15) is 72.1 Å². The zero-order valence-electron chi connectivity index (χ0n) is 26.8. The van der Waals surface area contributed by atoms with Crippen LogP contribution in [-0.2, 0) is 23.9 Å². The van der Waals surface area contributed by atoms with Gasteiger partial charge in [0.05, 0.1) is 18.1 Å². The van der Waals surface area contributed by atoms with Crippen LogP contribution in [0.3, 0.4) is 0 Å². The van der Waals surface area contributed by atoms with E-state index < -0.39 is 35.0 Å². The number of anilines is 2. The molecular weight excluding hydrogens is 558 g/mol. The molecule has 3 aliphatic rings. The Hall–Kier alpha value is -3.17. The zero-order chi connectivity index (χ0) is 31.9. The first-order valence-corrected chi connectivity index (χ1v) is 16.4. The van der Waals surface area contributed by atoms with Crippen molar-refractivity contribution in [1.29, 1.82) is 0 Å². The molecule has 0 radical (unpaired) electrons. The fourth-order valence-electron chi connectivity index (χ4n) is 7.69. The molecule has 242 valence electrons. The van der Waals surface area contributed by atoms with Crippen LogP contribution in [0.4, 0.5) is 11.4 Å². The van der Waals surface area contributed by atoms with Gasteiger partial charge in [0, 0.05) is 44.2 Å². The van der Waals surface area contributed by atoms with Gasteiger partial charge in [-0.15, -0.1) is 13.2 Å². The quantitative estimate of drug-likeness (QED) is 0.144. The number of esters is 1. The first-order chi connectivity index (χ1) is 21.3. The minimum absolute atomic E-state index is 0.0708. The number of amides is 2. The van der Waals surface area contributed by atoms with Gasteiger partial charge in [-0.05, 0) is 89.5 Å². The summed E-state index contributed by atoms with van der Waals surface area (Å²) < 4.78 is 12.6. The lowest BCUT2D eigenvalue weighted by atomic mass is 9.65. The molecule has 2 bridgehead atoms. The summed E-state index contributed by atoms with van der Waals surface area (Å²) in [4.78, 5) is 48.4. The highest BCUT2D eigenvalue weighted by Gasteiger charge is 2.79. The van der Waals surface area contributed by atoms with E-state index >= 15 is 0 Å². The molecule has 5 atom stereocenters. The lowest BCUT2D eigenvalue weighted by Crippen LogP contribution is -2.56. The summed E-state index contributed by atoms with van der Waals surface area (Å²) in [5.41, 5.74) is -0.171. The van der Waals surface area contributed by atoms with E-state index in [-0.39, 0.29) is 31.6 Å². The van der Waals surface area contributed by atoms with Gasteiger partial charge in [0.1, 0.15) is 17.6 Å². The minimum Gasteiger partial charge on any atom is -0.465 e. The summed E-state index contributed by atoms with van der Waals surface area (Å²) in [6.45, 7) is 16.5. The highest BCUT2D eigenvalue weighted by atomic mass is 16.6. The van der Waals surface area contributed by atoms with Crippen LogP contribution in [0.5, 0.6) is 0 Å². The molecule has 3 aliphatic heterocycles. The topological polar surface area (TPSA) is 99.6 Å². The Kier molecular flexibility index (Phi) is 11.3. The number of fused-ring (bicyclic) bond motifs is 1. The van der Waals surface area contributed by atoms with Crippen molar-refractivity contribution < 1.29 is 29.0 Å². The highest BCUT2D eigenvalue weighted by molar-refractivity contribution is 6.05. The standard InChI is InChI=1S/C35H51N3O6/c1-6-11-15-25-43-33(42)29-28-31(40)38(23-13-12-14-24-39)30(35(28)21-20-34(29,8-3)44-35)32(41)37(22-7-2)27-18-16-26(17-19-27)36(9-4)10-5/h6-7,16-19,28-30,39H,1-2,8-15,20-25H2,3-5H3/t28-,29-,30?,34+,35?/m0/s1. The maximum Gasteiger partial charge on any atom is 0.312 e. The summed E-state index contributed by atoms with van der Waals surface area (Å²) in [5.74, 6) is -2.42. The smallest absolute Gasteiger partial charge is 0.312 e. The Morgan fingerprint density at radius 2 is 1.75 bits per heavy atom. The number of hydrogen-bond acceptors (Lipinski definition) is 7. The normalized spacial score (nSPS) is 26.9. The third kappa shape index (κ3) is 6.05. The SMILES string of the molecule is C=CCCCOC(=O)[C@@H]1[C@H]2C(=O)N(CCCCCO)C(C(=O)N(CC=C)c3ccc(N(CC)CC)cc3)C23CC[C@@]1(CC)O3. The van der Waals surface area contributed by atoms with Crippen LogP contribution in [0.25, 0.3) is 0 Å². The maximum atomic E-state index is 14.8. The van der Waals surface area contributed by atoms with Crippen LogP contribution in [0.2, 0.25) is 0 Å². The molecule has 0 aromatic heterocycles. The lowest BCUT2D eigenvalue weighted by Gasteiger charge is -2.37. The molecule has 3 saturated heterocycles. The van der Waals surface area contributed by atoms with Crippen molar-refractivity contribution in [3.8, 4) is 0 Å². The molecule has 3 fully saturated rings. The number of benzene rings is 1. The van der Waals surface area contributed by atoms with Crippen molar-refractivity contribution in [2.75, 3.05) is 49.2 Å². The van der Waals surface area contributed by atoms with Crippen molar-refractivity contribution in [1.82, 2.24) is 4.90 Å². The van der Waals surface area contributed by atoms with Gasteiger partial charge in [-0.25, -0.2) is 0 Å². The first kappa shape index (κ1) is 33.7. The summed E-state index contributed by atoms with van der Waals surface area (Å²) in [6, 6.07) is 7.03. The zero-order valence-corrected chi connectivity index (χ0v) is 26.8. The average Bonchev–Trinajstić information content (AvgIpc) is 3.64. The van der Waals surface area contributed by atoms with Gasteiger partial charge >= 0.3 is 5.97 Å². The van der Waals surface area contributed by atoms with E-state index in [0.717, 1.165) is 31.6 Å². The van der Waals surface area contributed by atoms with Crippen molar-refractivity contribution in [2.45, 2.75) is 89.4 Å². The second kappa shape index (κ2) is 14.7. The second-order valence-electron chi connectivity index (χ2n) is 12.2. The molecule has 9 heteroatoms. The van der Waals surface area contributed by atoms with Crippen LogP contribution < -0.4 is 9.80 Å². The van der Waals surface area contributed by atoms with E-state index in [0.29, 0.717) is 50.8 Å². The molecule has 3 heterocycles. The Bertz CT molecular complexity index is 1180. The largest absolute Gasteiger partial charge is 0.465 e. The number of allylic oxidation sites excluding steroid dienone is 1. The Balaban J connectivity index is 1.72. The van der Waals surface area contributed by atoms with Gasteiger partial charge < -0.3 is 29.3 Å². The van der Waals surface area contributed by atoms with Crippen molar-refractivity contribution in [2.24, 2.45) is 11.8 Å². The van der Waals surface area contributed by atoms with Gasteiger partial charge in [0.25, 0.3) is 5.91 Å². The third-order valence-corrected chi connectivity index (χ3v) is 9.89. The molecule has 1 spiro atoms. The molecule has 1 N–H and O–H groups in total. The van der Waals surface area contributed by atoms with Crippen molar-refractivity contribution in [3.63, 3.8) is 0 Å². The monoisotopic (exact) mass is 609 g/mol. The molecule has 1 aromatic carbocycles. The molecule has 0 saturated carbocycles. The third-order valence-electron chi connectivity index (χ3n) is 9.89. The molecule has 1 aromatic rings. The minimum atomic E-state index is -1.12. The van der Waals surface area contributed by atoms with Crippen LogP contribution in [0, 0.1) is 11.8 Å². The predicted molar refractivity (Wildman–Crippen MR) is 172 cm³/mol. The molecule has 2 unspecified atom stereocenters. The number of ether oxygens (including phenoxy) is 2. The number of likely N-dealkylation sites (tertiary alicyclic amines) is 1. The predicted octanol–water partition coefficient (Wildman–Crippen LogP) is 4.88. The summed E-state index contributed by atoms with van der Waals surface area (Å²) in [5, 5.41) is 9.33. The van der Waals surface area contributed by atoms with Gasteiger partial charge in [0.2, 0.25) is 5.91 Å². The fourth-order valence-corrected chi connectivity index (χ4v) is 7.69. The number of carbonyl (C=O) groups is 3. The Morgan fingerprint density at radius 3 is 2.36 bits per heavy atom. The van der Waals surface area contributed by atoms with E-state index in [2.05, 4.69) is 31.9 Å². The van der Waals surface area contributed by atoms with E-state index in [1.54, 1.807) is 22.0 Å². The number of nitrogens with zero attached hydrogens (tertiary/aromatic N) is 3. The van der Waals surface area contributed by atoms with Gasteiger partial charge in [-0.2, -0.15) is 0 Å². The van der Waals surface area contributed by atoms with Gasteiger partial charge in [-0.1, -0.05) is 19.1 Å². The second-order valence-corrected chi connectivity index (χ2v) is 12.2. The number of carbonyl (C=O) groups excluding carboxylic acids is 3. The number of aliphatic hydroxyl groups excluding tert-OH is 1. The van der Waals surface area contributed by atoms with Crippen LogP contribution >= 0.6 is 0 Å². The molecule has 2 amide bonds. The Morgan fingerprint density at radius 1 is 1.05 bits per heavy atom. The van der Waals surface area contributed by atoms with Gasteiger partial charge in [-0.3, -0.25) is 14.4 Å². The fraction of sp³-hybridized carbons (Fsp3) is 0.629. The number of rotatable bonds is 18. The molecule has 44 heavy (non-hydrogen) atoms. The first-order valence-electron chi connectivity index (χ1n) is 16.4. The lowest BCUT2D eigenvalue weighted by molar-refractivity contribution is -0.161. The highest BCUT2D eigenvalue weighted by Crippen LogP contribution is 2.64. The Labute approximate surface area is 262 Å². The van der Waals surface area contributed by atoms with E-state index in [4.69, 9.17) is 9.47 Å². The molecule has 4 rings (SSSR count). The number of aliphatic hydroxyl groups is 1. The average molecular weight is 610 g/mol. The van der Waals surface area contributed by atoms with E-state index in [1.165, 1.54) is 0 Å². The van der Waals surface area contributed by atoms with E-state index in [1.807, 2.05) is 31.2 Å². The molecule has 9 nitrogen and oxygen atoms in total. The van der Waals surface area contributed by atoms with Crippen LogP contribution in [0.15, 0.2) is 49.6 Å².